The Labute approximate surface area is 96.6 Å². The van der Waals surface area contributed by atoms with Crippen LogP contribution in [0.5, 0.6) is 0 Å². The van der Waals surface area contributed by atoms with E-state index in [4.69, 9.17) is 11.6 Å². The van der Waals surface area contributed by atoms with Gasteiger partial charge in [0.05, 0.1) is 28.8 Å². The number of anilines is 1. The fourth-order valence-electron chi connectivity index (χ4n) is 1.24. The van der Waals surface area contributed by atoms with Crippen LogP contribution in [-0.2, 0) is 7.05 Å². The molecule has 0 saturated heterocycles. The first-order valence-electron chi connectivity index (χ1n) is 4.58. The zero-order valence-corrected chi connectivity index (χ0v) is 9.54. The fraction of sp³-hybridized carbons (Fsp3) is 0.222. The van der Waals surface area contributed by atoms with Crippen LogP contribution in [0.15, 0.2) is 12.4 Å². The number of carbonyl (C=O) groups excluding carboxylic acids is 1. The number of hydrogen-bond donors (Lipinski definition) is 2. The number of H-pyrrole nitrogens is 1. The molecular formula is C9H10ClN5O. The smallest absolute Gasteiger partial charge is 0.275 e. The second-order valence-electron chi connectivity index (χ2n) is 3.31. The van der Waals surface area contributed by atoms with Crippen molar-refractivity contribution in [3.8, 4) is 0 Å². The predicted molar refractivity (Wildman–Crippen MR) is 59.5 cm³/mol. The van der Waals surface area contributed by atoms with Crippen molar-refractivity contribution < 1.29 is 4.79 Å². The summed E-state index contributed by atoms with van der Waals surface area (Å²) in [5, 5.41) is 13.2. The van der Waals surface area contributed by atoms with Crippen LogP contribution >= 0.6 is 11.6 Å². The molecule has 0 radical (unpaired) electrons. The van der Waals surface area contributed by atoms with Crippen LogP contribution in [0.4, 0.5) is 5.69 Å². The maximum Gasteiger partial charge on any atom is 0.275 e. The molecule has 0 aromatic carbocycles. The summed E-state index contributed by atoms with van der Waals surface area (Å²) in [4.78, 5) is 11.8. The van der Waals surface area contributed by atoms with Gasteiger partial charge in [0.15, 0.2) is 0 Å². The lowest BCUT2D eigenvalue weighted by molar-refractivity contribution is 0.102. The molecule has 0 aliphatic heterocycles. The second kappa shape index (κ2) is 3.97. The molecule has 2 aromatic heterocycles. The van der Waals surface area contributed by atoms with Gasteiger partial charge in [-0.05, 0) is 6.92 Å². The van der Waals surface area contributed by atoms with Crippen molar-refractivity contribution in [1.29, 1.82) is 0 Å². The Morgan fingerprint density at radius 3 is 2.81 bits per heavy atom. The number of aryl methyl sites for hydroxylation is 1. The third-order valence-corrected chi connectivity index (χ3v) is 2.59. The van der Waals surface area contributed by atoms with Gasteiger partial charge in [-0.1, -0.05) is 11.6 Å². The van der Waals surface area contributed by atoms with Gasteiger partial charge >= 0.3 is 0 Å². The first-order valence-corrected chi connectivity index (χ1v) is 4.96. The Kier molecular flexibility index (Phi) is 2.66. The first kappa shape index (κ1) is 10.7. The molecule has 0 saturated carbocycles. The van der Waals surface area contributed by atoms with E-state index in [9.17, 15) is 4.79 Å². The number of nitrogens with one attached hydrogen (secondary N) is 2. The van der Waals surface area contributed by atoms with E-state index in [0.717, 1.165) is 5.69 Å². The second-order valence-corrected chi connectivity index (χ2v) is 3.72. The van der Waals surface area contributed by atoms with E-state index in [1.807, 2.05) is 6.92 Å². The molecule has 2 heterocycles. The molecular weight excluding hydrogens is 230 g/mol. The molecule has 7 heteroatoms. The molecule has 84 valence electrons. The molecule has 0 aliphatic carbocycles. The number of hydrogen-bond acceptors (Lipinski definition) is 3. The summed E-state index contributed by atoms with van der Waals surface area (Å²) in [6, 6.07) is 0. The van der Waals surface area contributed by atoms with E-state index in [-0.39, 0.29) is 11.6 Å². The van der Waals surface area contributed by atoms with Crippen LogP contribution in [0.2, 0.25) is 5.02 Å². The van der Waals surface area contributed by atoms with Gasteiger partial charge in [0.1, 0.15) is 5.69 Å². The number of aromatic nitrogens is 4. The number of rotatable bonds is 2. The monoisotopic (exact) mass is 239 g/mol. The first-order chi connectivity index (χ1) is 7.59. The summed E-state index contributed by atoms with van der Waals surface area (Å²) in [6.07, 6.45) is 2.96. The van der Waals surface area contributed by atoms with Crippen molar-refractivity contribution in [2.24, 2.45) is 7.05 Å². The third kappa shape index (κ3) is 1.79. The third-order valence-electron chi connectivity index (χ3n) is 2.30. The van der Waals surface area contributed by atoms with E-state index in [1.165, 1.54) is 6.20 Å². The Morgan fingerprint density at radius 1 is 1.56 bits per heavy atom. The highest BCUT2D eigenvalue weighted by Gasteiger charge is 2.14. The number of carbonyl (C=O) groups is 1. The normalized spacial score (nSPS) is 10.4. The minimum Gasteiger partial charge on any atom is -0.318 e. The predicted octanol–water partition coefficient (Wildman–Crippen LogP) is 1.36. The molecule has 16 heavy (non-hydrogen) atoms. The lowest BCUT2D eigenvalue weighted by atomic mass is 10.3. The zero-order chi connectivity index (χ0) is 11.7. The number of halogens is 1. The molecule has 0 bridgehead atoms. The van der Waals surface area contributed by atoms with E-state index in [1.54, 1.807) is 17.9 Å². The van der Waals surface area contributed by atoms with Gasteiger partial charge in [0.2, 0.25) is 0 Å². The molecule has 2 N–H and O–H groups in total. The number of aromatic amines is 1. The minimum absolute atomic E-state index is 0.241. The average Bonchev–Trinajstić information content (AvgIpc) is 2.79. The molecule has 0 aliphatic rings. The minimum atomic E-state index is -0.335. The topological polar surface area (TPSA) is 75.6 Å². The molecule has 0 unspecified atom stereocenters. The largest absolute Gasteiger partial charge is 0.318 e. The Morgan fingerprint density at radius 2 is 2.31 bits per heavy atom. The molecule has 0 spiro atoms. The standard InChI is InChI=1S/C9H10ClN5O/c1-5-7(4-12-15(5)2)13-9(16)8-6(10)3-11-14-8/h3-4H,1-2H3,(H,11,14)(H,13,16). The van der Waals surface area contributed by atoms with Crippen LogP contribution in [0, 0.1) is 6.92 Å². The average molecular weight is 240 g/mol. The van der Waals surface area contributed by atoms with Crippen LogP contribution < -0.4 is 5.32 Å². The zero-order valence-electron chi connectivity index (χ0n) is 8.78. The number of amides is 1. The highest BCUT2D eigenvalue weighted by molar-refractivity contribution is 6.34. The van der Waals surface area contributed by atoms with Crippen molar-refractivity contribution in [1.82, 2.24) is 20.0 Å². The Bertz CT molecular complexity index is 530. The van der Waals surface area contributed by atoms with Crippen LogP contribution in [0.1, 0.15) is 16.2 Å². The van der Waals surface area contributed by atoms with Gasteiger partial charge in [-0.25, -0.2) is 0 Å². The van der Waals surface area contributed by atoms with Gasteiger partial charge in [0.25, 0.3) is 5.91 Å². The highest BCUT2D eigenvalue weighted by atomic mass is 35.5. The van der Waals surface area contributed by atoms with Crippen molar-refractivity contribution in [3.63, 3.8) is 0 Å². The van der Waals surface area contributed by atoms with Crippen LogP contribution in [0.3, 0.4) is 0 Å². The number of nitrogens with zero attached hydrogens (tertiary/aromatic N) is 3. The molecule has 6 nitrogen and oxygen atoms in total. The fourth-order valence-corrected chi connectivity index (χ4v) is 1.41. The molecule has 2 aromatic rings. The van der Waals surface area contributed by atoms with Crippen molar-refractivity contribution >= 4 is 23.2 Å². The van der Waals surface area contributed by atoms with Crippen molar-refractivity contribution in [2.45, 2.75) is 6.92 Å². The van der Waals surface area contributed by atoms with E-state index in [2.05, 4.69) is 20.6 Å². The van der Waals surface area contributed by atoms with E-state index in [0.29, 0.717) is 10.7 Å². The van der Waals surface area contributed by atoms with Crippen LogP contribution in [-0.4, -0.2) is 25.9 Å². The quantitative estimate of drug-likeness (QED) is 0.831. The van der Waals surface area contributed by atoms with Crippen molar-refractivity contribution in [2.75, 3.05) is 5.32 Å². The van der Waals surface area contributed by atoms with Gasteiger partial charge in [0, 0.05) is 7.05 Å². The summed E-state index contributed by atoms with van der Waals surface area (Å²) >= 11 is 5.77. The summed E-state index contributed by atoms with van der Waals surface area (Å²) < 4.78 is 1.67. The summed E-state index contributed by atoms with van der Waals surface area (Å²) in [5.74, 6) is -0.335. The molecule has 0 atom stereocenters. The summed E-state index contributed by atoms with van der Waals surface area (Å²) in [5.41, 5.74) is 1.76. The van der Waals surface area contributed by atoms with Crippen LogP contribution in [0.25, 0.3) is 0 Å². The maximum atomic E-state index is 11.8. The lowest BCUT2D eigenvalue weighted by Crippen LogP contribution is -2.13. The van der Waals surface area contributed by atoms with E-state index < -0.39 is 0 Å². The van der Waals surface area contributed by atoms with Gasteiger partial charge in [-0.3, -0.25) is 14.6 Å². The molecule has 0 fully saturated rings. The summed E-state index contributed by atoms with van der Waals surface area (Å²) in [6.45, 7) is 1.86. The van der Waals surface area contributed by atoms with Gasteiger partial charge < -0.3 is 5.32 Å². The highest BCUT2D eigenvalue weighted by Crippen LogP contribution is 2.16. The lowest BCUT2D eigenvalue weighted by Gasteiger charge is -2.02. The maximum absolute atomic E-state index is 11.8. The summed E-state index contributed by atoms with van der Waals surface area (Å²) in [7, 11) is 1.80. The van der Waals surface area contributed by atoms with E-state index >= 15 is 0 Å². The Balaban J connectivity index is 2.20. The molecule has 2 rings (SSSR count). The van der Waals surface area contributed by atoms with Gasteiger partial charge in [-0.15, -0.1) is 0 Å². The van der Waals surface area contributed by atoms with Crippen molar-refractivity contribution in [3.05, 3.63) is 28.8 Å². The Hall–Kier alpha value is -1.82. The molecule has 1 amide bonds. The van der Waals surface area contributed by atoms with Gasteiger partial charge in [-0.2, -0.15) is 10.2 Å². The SMILES string of the molecule is Cc1c(NC(=O)c2[nH]ncc2Cl)cnn1C.